The van der Waals surface area contributed by atoms with Gasteiger partial charge in [0.2, 0.25) is 14.7 Å². The zero-order chi connectivity index (χ0) is 20.2. The van der Waals surface area contributed by atoms with Crippen LogP contribution in [0.4, 0.5) is 13.2 Å². The molecule has 14 heteroatoms. The molecule has 1 atom stereocenters. The maximum atomic E-state index is 13.1. The summed E-state index contributed by atoms with van der Waals surface area (Å²) in [4.78, 5) is 22.3. The van der Waals surface area contributed by atoms with E-state index >= 15 is 0 Å². The van der Waals surface area contributed by atoms with Crippen molar-refractivity contribution >= 4 is 21.7 Å². The molecule has 0 aliphatic heterocycles. The molecule has 0 aliphatic rings. The molecule has 0 saturated heterocycles. The van der Waals surface area contributed by atoms with E-state index in [0.29, 0.717) is 12.1 Å². The van der Waals surface area contributed by atoms with Crippen molar-refractivity contribution in [3.05, 3.63) is 29.8 Å². The van der Waals surface area contributed by atoms with Gasteiger partial charge in [0.05, 0.1) is 16.9 Å². The standard InChI is InChI=1S/C12H14F3N3O7S/c13-12(14,15)7-3-1-2-4-8(7)26(23,24)11(18-22,10(20)17-21)6-5-9(19)25-16/h1-4,18,21-22H,5-6,16H2,(H,17,20). The molecule has 1 amide bonds. The number of rotatable bonds is 7. The monoisotopic (exact) mass is 401 g/mol. The molecule has 0 radical (unpaired) electrons. The molecule has 10 nitrogen and oxygen atoms in total. The lowest BCUT2D eigenvalue weighted by molar-refractivity contribution is -0.145. The summed E-state index contributed by atoms with van der Waals surface area (Å²) in [5.74, 6) is 1.51. The van der Waals surface area contributed by atoms with E-state index in [1.165, 1.54) is 0 Å². The fraction of sp³-hybridized carbons (Fsp3) is 0.333. The molecule has 1 unspecified atom stereocenters. The van der Waals surface area contributed by atoms with Crippen molar-refractivity contribution < 1.29 is 46.4 Å². The maximum Gasteiger partial charge on any atom is 0.417 e. The smallest absolute Gasteiger partial charge is 0.373 e. The number of sulfone groups is 1. The fourth-order valence-electron chi connectivity index (χ4n) is 2.09. The first-order chi connectivity index (χ1) is 12.0. The molecule has 0 saturated carbocycles. The molecular weight excluding hydrogens is 387 g/mol. The lowest BCUT2D eigenvalue weighted by Gasteiger charge is -2.30. The summed E-state index contributed by atoms with van der Waals surface area (Å²) < 4.78 is 65.0. The van der Waals surface area contributed by atoms with Crippen LogP contribution in [0.1, 0.15) is 18.4 Å². The van der Waals surface area contributed by atoms with Crippen LogP contribution < -0.4 is 16.9 Å². The fourth-order valence-corrected chi connectivity index (χ4v) is 3.97. The number of halogens is 3. The Bertz CT molecular complexity index is 785. The van der Waals surface area contributed by atoms with Crippen molar-refractivity contribution in [2.45, 2.75) is 28.8 Å². The Morgan fingerprint density at radius 1 is 1.19 bits per heavy atom. The van der Waals surface area contributed by atoms with Crippen LogP contribution in [0.25, 0.3) is 0 Å². The van der Waals surface area contributed by atoms with Crippen LogP contribution in [-0.4, -0.2) is 35.6 Å². The Hall–Kier alpha value is -2.26. The molecule has 146 valence electrons. The Morgan fingerprint density at radius 2 is 1.77 bits per heavy atom. The second-order valence-corrected chi connectivity index (χ2v) is 7.01. The van der Waals surface area contributed by atoms with Gasteiger partial charge in [-0.05, 0) is 12.1 Å². The maximum absolute atomic E-state index is 13.1. The number of nitrogens with two attached hydrogens (primary N) is 1. The number of alkyl halides is 3. The zero-order valence-electron chi connectivity index (χ0n) is 12.8. The van der Waals surface area contributed by atoms with E-state index in [9.17, 15) is 36.4 Å². The predicted octanol–water partition coefficient (Wildman–Crippen LogP) is -0.143. The lowest BCUT2D eigenvalue weighted by Crippen LogP contribution is -2.61. The number of carbonyl (C=O) groups excluding carboxylic acids is 2. The Balaban J connectivity index is 3.65. The SMILES string of the molecule is NOC(=O)CCC(NO)(C(=O)NO)S(=O)(=O)c1ccccc1C(F)(F)F. The van der Waals surface area contributed by atoms with Crippen molar-refractivity contribution in [1.82, 2.24) is 11.0 Å². The summed E-state index contributed by atoms with van der Waals surface area (Å²) in [6, 6.07) is 2.86. The topological polar surface area (TPSA) is 168 Å². The molecule has 1 aromatic carbocycles. The van der Waals surface area contributed by atoms with Gasteiger partial charge in [-0.2, -0.15) is 24.5 Å². The number of benzene rings is 1. The Morgan fingerprint density at radius 3 is 2.23 bits per heavy atom. The number of amides is 1. The van der Waals surface area contributed by atoms with Crippen molar-refractivity contribution in [2.75, 3.05) is 0 Å². The summed E-state index contributed by atoms with van der Waals surface area (Å²) in [5, 5.41) is 18.1. The third-order valence-electron chi connectivity index (χ3n) is 3.40. The van der Waals surface area contributed by atoms with Gasteiger partial charge in [0.15, 0.2) is 0 Å². The molecule has 1 aromatic rings. The van der Waals surface area contributed by atoms with Gasteiger partial charge in [-0.3, -0.25) is 14.8 Å². The number of nitrogens with one attached hydrogen (secondary N) is 2. The molecule has 0 bridgehead atoms. The second-order valence-electron chi connectivity index (χ2n) is 4.87. The third-order valence-corrected chi connectivity index (χ3v) is 5.74. The van der Waals surface area contributed by atoms with Crippen LogP contribution in [0.3, 0.4) is 0 Å². The van der Waals surface area contributed by atoms with Crippen LogP contribution in [0, 0.1) is 0 Å². The average Bonchev–Trinajstić information content (AvgIpc) is 2.60. The van der Waals surface area contributed by atoms with Crippen LogP contribution in [-0.2, 0) is 30.4 Å². The molecule has 26 heavy (non-hydrogen) atoms. The van der Waals surface area contributed by atoms with Gasteiger partial charge in [-0.15, -0.1) is 0 Å². The normalized spacial score (nSPS) is 14.4. The van der Waals surface area contributed by atoms with Gasteiger partial charge in [0.25, 0.3) is 5.91 Å². The van der Waals surface area contributed by atoms with Crippen LogP contribution in [0.2, 0.25) is 0 Å². The number of hydrogen-bond donors (Lipinski definition) is 5. The molecule has 0 aromatic heterocycles. The summed E-state index contributed by atoms with van der Waals surface area (Å²) in [5.41, 5.74) is 0.396. The first-order valence-electron chi connectivity index (χ1n) is 6.64. The molecule has 6 N–H and O–H groups in total. The van der Waals surface area contributed by atoms with E-state index in [4.69, 9.17) is 5.21 Å². The van der Waals surface area contributed by atoms with Crippen LogP contribution >= 0.6 is 0 Å². The largest absolute Gasteiger partial charge is 0.417 e. The van der Waals surface area contributed by atoms with Crippen molar-refractivity contribution in [1.29, 1.82) is 0 Å². The van der Waals surface area contributed by atoms with Gasteiger partial charge in [0, 0.05) is 6.42 Å². The number of carbonyl (C=O) groups is 2. The van der Waals surface area contributed by atoms with E-state index < -0.39 is 56.1 Å². The highest BCUT2D eigenvalue weighted by molar-refractivity contribution is 7.93. The Labute approximate surface area is 144 Å². The van der Waals surface area contributed by atoms with Gasteiger partial charge in [-0.25, -0.2) is 13.9 Å². The van der Waals surface area contributed by atoms with Crippen molar-refractivity contribution in [3.63, 3.8) is 0 Å². The van der Waals surface area contributed by atoms with E-state index in [1.54, 1.807) is 0 Å². The molecule has 0 heterocycles. The Kier molecular flexibility index (Phi) is 6.67. The second kappa shape index (κ2) is 7.96. The summed E-state index contributed by atoms with van der Waals surface area (Å²) in [7, 11) is -5.34. The van der Waals surface area contributed by atoms with E-state index in [0.717, 1.165) is 23.1 Å². The van der Waals surface area contributed by atoms with Gasteiger partial charge < -0.3 is 10.0 Å². The summed E-state index contributed by atoms with van der Waals surface area (Å²) in [6.07, 6.45) is -7.12. The first kappa shape index (κ1) is 21.8. The van der Waals surface area contributed by atoms with Crippen LogP contribution in [0.15, 0.2) is 29.2 Å². The highest BCUT2D eigenvalue weighted by Crippen LogP contribution is 2.38. The minimum atomic E-state index is -5.34. The number of hydrogen-bond acceptors (Lipinski definition) is 9. The quantitative estimate of drug-likeness (QED) is 0.308. The third kappa shape index (κ3) is 3.94. The average molecular weight is 401 g/mol. The van der Waals surface area contributed by atoms with Gasteiger partial charge in [0.1, 0.15) is 0 Å². The zero-order valence-corrected chi connectivity index (χ0v) is 13.6. The highest BCUT2D eigenvalue weighted by atomic mass is 32.2. The molecule has 0 aliphatic carbocycles. The van der Waals surface area contributed by atoms with Gasteiger partial charge in [-0.1, -0.05) is 12.1 Å². The van der Waals surface area contributed by atoms with Crippen LogP contribution in [0.5, 0.6) is 0 Å². The highest BCUT2D eigenvalue weighted by Gasteiger charge is 2.54. The molecule has 0 fully saturated rings. The first-order valence-corrected chi connectivity index (χ1v) is 8.12. The minimum absolute atomic E-state index is 0.444. The molecular formula is C12H14F3N3O7S. The predicted molar refractivity (Wildman–Crippen MR) is 75.7 cm³/mol. The summed E-state index contributed by atoms with van der Waals surface area (Å²) in [6.45, 7) is 0. The van der Waals surface area contributed by atoms with Crippen molar-refractivity contribution in [3.8, 4) is 0 Å². The van der Waals surface area contributed by atoms with E-state index in [1.807, 2.05) is 0 Å². The van der Waals surface area contributed by atoms with E-state index in [-0.39, 0.29) is 0 Å². The minimum Gasteiger partial charge on any atom is -0.373 e. The summed E-state index contributed by atoms with van der Waals surface area (Å²) >= 11 is 0. The lowest BCUT2D eigenvalue weighted by atomic mass is 10.1. The van der Waals surface area contributed by atoms with Crippen molar-refractivity contribution in [2.24, 2.45) is 5.90 Å². The number of hydroxylamine groups is 2. The van der Waals surface area contributed by atoms with E-state index in [2.05, 4.69) is 10.7 Å². The molecule has 1 rings (SSSR count). The molecule has 0 spiro atoms. The van der Waals surface area contributed by atoms with Gasteiger partial charge >= 0.3 is 12.1 Å².